The number of halogens is 2. The highest BCUT2D eigenvalue weighted by Crippen LogP contribution is 2.37. The van der Waals surface area contributed by atoms with Gasteiger partial charge in [-0.25, -0.2) is 4.98 Å². The Morgan fingerprint density at radius 1 is 0.833 bits per heavy atom. The molecule has 1 saturated heterocycles. The van der Waals surface area contributed by atoms with E-state index in [1.165, 1.54) is 0 Å². The van der Waals surface area contributed by atoms with Crippen LogP contribution in [0.4, 0.5) is 5.69 Å². The van der Waals surface area contributed by atoms with Gasteiger partial charge in [0, 0.05) is 56.1 Å². The van der Waals surface area contributed by atoms with E-state index in [9.17, 15) is 4.79 Å². The Balaban J connectivity index is 1.17. The first-order chi connectivity index (χ1) is 23.4. The van der Waals surface area contributed by atoms with Crippen molar-refractivity contribution in [2.75, 3.05) is 44.8 Å². The van der Waals surface area contributed by atoms with Crippen LogP contribution in [0.15, 0.2) is 102 Å². The molecule has 3 N–H and O–H groups in total. The number of hydrogen-bond donors (Lipinski definition) is 4. The molecule has 0 atom stereocenters. The van der Waals surface area contributed by atoms with Gasteiger partial charge in [0.15, 0.2) is 0 Å². The Morgan fingerprint density at radius 3 is 2.15 bits per heavy atom. The van der Waals surface area contributed by atoms with Gasteiger partial charge in [-0.2, -0.15) is 0 Å². The maximum Gasteiger partial charge on any atom is 0.251 e. The van der Waals surface area contributed by atoms with Crippen molar-refractivity contribution in [3.8, 4) is 5.88 Å². The maximum atomic E-state index is 12.3. The van der Waals surface area contributed by atoms with Gasteiger partial charge in [0.05, 0.1) is 18.7 Å². The summed E-state index contributed by atoms with van der Waals surface area (Å²) in [6.07, 6.45) is 2.06. The Hall–Kier alpha value is -3.79. The van der Waals surface area contributed by atoms with Crippen molar-refractivity contribution in [1.29, 1.82) is 0 Å². The molecule has 7 nitrogen and oxygen atoms in total. The summed E-state index contributed by atoms with van der Waals surface area (Å²) in [5.41, 5.74) is 5.82. The number of anilines is 1. The highest BCUT2D eigenvalue weighted by molar-refractivity contribution is 7.80. The topological polar surface area (TPSA) is 84.5 Å². The largest absolute Gasteiger partial charge is 0.475 e. The van der Waals surface area contributed by atoms with Crippen LogP contribution in [-0.2, 0) is 4.74 Å². The quantitative estimate of drug-likeness (QED) is 0.0566. The predicted molar refractivity (Wildman–Crippen MR) is 197 cm³/mol. The summed E-state index contributed by atoms with van der Waals surface area (Å²) < 4.78 is 11.8. The number of piperidine rings is 1. The minimum atomic E-state index is -0.145. The number of nitrogens with one attached hydrogen (secondary N) is 3. The summed E-state index contributed by atoms with van der Waals surface area (Å²) in [6.45, 7) is 3.42. The van der Waals surface area contributed by atoms with E-state index in [2.05, 4.69) is 71.0 Å². The molecule has 0 spiro atoms. The molecule has 1 aliphatic rings. The number of ether oxygens (including phenoxy) is 2. The monoisotopic (exact) mass is 700 g/mol. The molecule has 6 rings (SSSR count). The van der Waals surface area contributed by atoms with Gasteiger partial charge in [0.1, 0.15) is 6.61 Å². The molecule has 1 fully saturated rings. The Kier molecular flexibility index (Phi) is 11.8. The van der Waals surface area contributed by atoms with E-state index in [-0.39, 0.29) is 11.8 Å². The fourth-order valence-electron chi connectivity index (χ4n) is 5.92. The van der Waals surface area contributed by atoms with Gasteiger partial charge < -0.3 is 25.4 Å². The first-order valence-electron chi connectivity index (χ1n) is 16.1. The highest BCUT2D eigenvalue weighted by atomic mass is 35.5. The lowest BCUT2D eigenvalue weighted by Crippen LogP contribution is -2.35. The lowest BCUT2D eigenvalue weighted by Gasteiger charge is -2.26. The number of pyridine rings is 1. The number of fused-ring (bicyclic) bond motifs is 1. The molecule has 0 radical (unpaired) electrons. The van der Waals surface area contributed by atoms with Crippen molar-refractivity contribution in [2.24, 2.45) is 0 Å². The Labute approximate surface area is 296 Å². The molecular formula is C38H38Cl2N4O3S. The fraction of sp³-hybridized carbons (Fsp3) is 0.263. The summed E-state index contributed by atoms with van der Waals surface area (Å²) in [5, 5.41) is 12.5. The van der Waals surface area contributed by atoms with Gasteiger partial charge in [-0.05, 0) is 103 Å². The summed E-state index contributed by atoms with van der Waals surface area (Å²) in [7, 11) is 0. The normalized spacial score (nSPS) is 13.5. The van der Waals surface area contributed by atoms with Gasteiger partial charge >= 0.3 is 0 Å². The molecule has 0 saturated carbocycles. The van der Waals surface area contributed by atoms with E-state index in [1.807, 2.05) is 30.3 Å². The summed E-state index contributed by atoms with van der Waals surface area (Å²) in [4.78, 5) is 18.0. The van der Waals surface area contributed by atoms with E-state index in [0.29, 0.717) is 53.9 Å². The number of carbonyl (C=O) groups excluding carboxylic acids is 1. The van der Waals surface area contributed by atoms with Crippen molar-refractivity contribution in [1.82, 2.24) is 15.6 Å². The molecule has 1 aromatic heterocycles. The van der Waals surface area contributed by atoms with Gasteiger partial charge in [-0.1, -0.05) is 53.5 Å². The first kappa shape index (κ1) is 34.1. The van der Waals surface area contributed by atoms with Crippen LogP contribution in [-0.4, -0.2) is 56.4 Å². The van der Waals surface area contributed by atoms with Crippen molar-refractivity contribution >= 4 is 58.3 Å². The molecule has 0 unspecified atom stereocenters. The van der Waals surface area contributed by atoms with E-state index in [0.717, 1.165) is 64.1 Å². The fourth-order valence-corrected chi connectivity index (χ4v) is 6.33. The van der Waals surface area contributed by atoms with E-state index < -0.39 is 0 Å². The summed E-state index contributed by atoms with van der Waals surface area (Å²) in [6, 6.07) is 31.8. The zero-order valence-corrected chi connectivity index (χ0v) is 28.8. The third kappa shape index (κ3) is 9.01. The highest BCUT2D eigenvalue weighted by Gasteiger charge is 2.20. The van der Waals surface area contributed by atoms with Gasteiger partial charge in [-0.3, -0.25) is 4.79 Å². The number of thiol groups is 1. The van der Waals surface area contributed by atoms with Gasteiger partial charge in [0.25, 0.3) is 5.91 Å². The second-order valence-electron chi connectivity index (χ2n) is 11.8. The van der Waals surface area contributed by atoms with Gasteiger partial charge in [-0.15, -0.1) is 12.6 Å². The average molecular weight is 702 g/mol. The molecule has 0 aliphatic carbocycles. The number of benzene rings is 4. The van der Waals surface area contributed by atoms with E-state index >= 15 is 0 Å². The number of amides is 1. The second kappa shape index (κ2) is 16.5. The minimum Gasteiger partial charge on any atom is -0.475 e. The van der Waals surface area contributed by atoms with Crippen LogP contribution in [0.5, 0.6) is 5.88 Å². The average Bonchev–Trinajstić information content (AvgIpc) is 3.10. The number of nitrogens with zero attached hydrogens (tertiary/aromatic N) is 1. The third-order valence-electron chi connectivity index (χ3n) is 8.39. The summed E-state index contributed by atoms with van der Waals surface area (Å²) >= 11 is 16.8. The molecule has 1 aliphatic heterocycles. The van der Waals surface area contributed by atoms with Crippen LogP contribution < -0.4 is 20.7 Å². The number of carbonyl (C=O) groups is 1. The van der Waals surface area contributed by atoms with Crippen molar-refractivity contribution in [2.45, 2.75) is 29.7 Å². The van der Waals surface area contributed by atoms with Crippen LogP contribution in [0.3, 0.4) is 0 Å². The summed E-state index contributed by atoms with van der Waals surface area (Å²) in [5.74, 6) is 0.360. The maximum absolute atomic E-state index is 12.3. The first-order valence-corrected chi connectivity index (χ1v) is 17.3. The van der Waals surface area contributed by atoms with Crippen LogP contribution in [0.2, 0.25) is 10.0 Å². The molecule has 1 amide bonds. The number of aromatic nitrogens is 1. The molecular weight excluding hydrogens is 663 g/mol. The zero-order chi connectivity index (χ0) is 33.3. The standard InChI is InChI=1S/C38H38Cl2N4O3S/c39-29-8-1-25(2-9-29)37(26-3-10-30(40)11-4-26)28-7-14-34-33(23-28)35(43-31-15-17-41-18-16-31)24-36(44-34)47-22-21-46-20-19-42-38(45)27-5-12-32(48)13-6-27/h1-14,23-24,31,37,41,48H,15-22H2,(H,42,45)(H,43,44). The third-order valence-corrected chi connectivity index (χ3v) is 9.19. The Morgan fingerprint density at radius 2 is 1.48 bits per heavy atom. The lowest BCUT2D eigenvalue weighted by molar-refractivity contribution is 0.0862. The molecule has 4 aromatic carbocycles. The molecule has 2 heterocycles. The van der Waals surface area contributed by atoms with Crippen LogP contribution in [0.1, 0.15) is 45.8 Å². The van der Waals surface area contributed by atoms with E-state index in [1.54, 1.807) is 24.3 Å². The van der Waals surface area contributed by atoms with Crippen molar-refractivity contribution in [3.05, 3.63) is 129 Å². The molecule has 10 heteroatoms. The van der Waals surface area contributed by atoms with Crippen LogP contribution in [0, 0.1) is 0 Å². The number of rotatable bonds is 13. The van der Waals surface area contributed by atoms with Crippen LogP contribution >= 0.6 is 35.8 Å². The van der Waals surface area contributed by atoms with E-state index in [4.69, 9.17) is 37.7 Å². The van der Waals surface area contributed by atoms with Crippen molar-refractivity contribution < 1.29 is 14.3 Å². The molecule has 48 heavy (non-hydrogen) atoms. The van der Waals surface area contributed by atoms with Crippen molar-refractivity contribution in [3.63, 3.8) is 0 Å². The second-order valence-corrected chi connectivity index (χ2v) is 13.1. The van der Waals surface area contributed by atoms with Gasteiger partial charge in [0.2, 0.25) is 5.88 Å². The van der Waals surface area contributed by atoms with Crippen LogP contribution in [0.25, 0.3) is 10.9 Å². The lowest BCUT2D eigenvalue weighted by atomic mass is 9.84. The minimum absolute atomic E-state index is 0.0258. The number of hydrogen-bond acceptors (Lipinski definition) is 7. The zero-order valence-electron chi connectivity index (χ0n) is 26.4. The molecule has 5 aromatic rings. The molecule has 0 bridgehead atoms. The molecule has 248 valence electrons. The SMILES string of the molecule is O=C(NCCOCCOc1cc(NC2CCNCC2)c2cc(C(c3ccc(Cl)cc3)c3ccc(Cl)cc3)ccc2n1)c1ccc(S)cc1. The Bertz CT molecular complexity index is 1770. The predicted octanol–water partition coefficient (Wildman–Crippen LogP) is 8.00. The smallest absolute Gasteiger partial charge is 0.251 e.